The Bertz CT molecular complexity index is 3870. The van der Waals surface area contributed by atoms with E-state index in [1.165, 1.54) is 98.1 Å². The van der Waals surface area contributed by atoms with Crippen LogP contribution in [0.1, 0.15) is 0 Å². The standard InChI is InChI=1S/C57H35N3/c1-2-14-39(15-3-1)59-51-24-12-9-18-43(51)48-34-37(28-32-53(48)59)38-29-33-54-49(35-38)44-19-10-13-25-52(44)60(54)40-30-26-36(27-31-40)57-56-46-21-7-5-17-42(46)41-16-4-6-20-45(41)55(56)47-22-8-11-23-50(47)58-57/h1-35H. The molecule has 0 unspecified atom stereocenters. The molecule has 0 aliphatic rings. The molecule has 0 fully saturated rings. The molecule has 0 aliphatic heterocycles. The largest absolute Gasteiger partial charge is 0.309 e. The maximum atomic E-state index is 5.41. The fourth-order valence-corrected chi connectivity index (χ4v) is 10.0. The minimum absolute atomic E-state index is 1.00. The molecule has 0 spiro atoms. The fraction of sp³-hybridized carbons (Fsp3) is 0. The SMILES string of the molecule is c1ccc(-n2c3ccccc3c3cc(-c4ccc5c(c4)c4ccccc4n5-c4ccc(-c5nc6ccccc6c6c7ccccc7c7ccccc7c56)cc4)ccc32)cc1. The molecule has 3 nitrogen and oxygen atoms in total. The third kappa shape index (κ3) is 4.75. The Morgan fingerprint density at radius 1 is 0.267 bits per heavy atom. The minimum Gasteiger partial charge on any atom is -0.309 e. The van der Waals surface area contributed by atoms with Gasteiger partial charge in [0.25, 0.3) is 0 Å². The van der Waals surface area contributed by atoms with Crippen molar-refractivity contribution in [2.45, 2.75) is 0 Å². The molecule has 0 saturated carbocycles. The van der Waals surface area contributed by atoms with Crippen LogP contribution in [0.25, 0.3) is 121 Å². The van der Waals surface area contributed by atoms with Crippen LogP contribution >= 0.6 is 0 Å². The van der Waals surface area contributed by atoms with Crippen LogP contribution in [-0.2, 0) is 0 Å². The molecule has 3 heteroatoms. The molecule has 0 saturated heterocycles. The molecular weight excluding hydrogens is 727 g/mol. The normalized spacial score (nSPS) is 12.0. The van der Waals surface area contributed by atoms with Gasteiger partial charge in [0.15, 0.2) is 0 Å². The van der Waals surface area contributed by atoms with E-state index in [1.807, 2.05) is 0 Å². The monoisotopic (exact) mass is 761 g/mol. The Kier molecular flexibility index (Phi) is 7.01. The predicted molar refractivity (Wildman–Crippen MR) is 254 cm³/mol. The Labute approximate surface area is 345 Å². The molecule has 0 aliphatic carbocycles. The Hall–Kier alpha value is -8.01. The highest BCUT2D eigenvalue weighted by molar-refractivity contribution is 6.33. The lowest BCUT2D eigenvalue weighted by Gasteiger charge is -2.16. The van der Waals surface area contributed by atoms with Crippen LogP contribution in [-0.4, -0.2) is 14.1 Å². The van der Waals surface area contributed by atoms with E-state index in [0.29, 0.717) is 0 Å². The van der Waals surface area contributed by atoms with Gasteiger partial charge in [0, 0.05) is 54.6 Å². The highest BCUT2D eigenvalue weighted by Crippen LogP contribution is 2.43. The maximum absolute atomic E-state index is 5.41. The van der Waals surface area contributed by atoms with Gasteiger partial charge in [-0.05, 0) is 99.4 Å². The van der Waals surface area contributed by atoms with Gasteiger partial charge < -0.3 is 9.13 Å². The zero-order valence-electron chi connectivity index (χ0n) is 32.5. The lowest BCUT2D eigenvalue weighted by atomic mass is 9.90. The van der Waals surface area contributed by atoms with Crippen LogP contribution in [0, 0.1) is 0 Å². The van der Waals surface area contributed by atoms with E-state index in [2.05, 4.69) is 221 Å². The first-order chi connectivity index (χ1) is 29.8. The summed E-state index contributed by atoms with van der Waals surface area (Å²) in [6.45, 7) is 0. The highest BCUT2D eigenvalue weighted by atomic mass is 15.0. The summed E-state index contributed by atoms with van der Waals surface area (Å²) in [4.78, 5) is 5.41. The summed E-state index contributed by atoms with van der Waals surface area (Å²) in [5.74, 6) is 0. The van der Waals surface area contributed by atoms with Crippen molar-refractivity contribution >= 4 is 86.8 Å². The second kappa shape index (κ2) is 12.7. The Morgan fingerprint density at radius 2 is 0.683 bits per heavy atom. The number of pyridine rings is 1. The zero-order chi connectivity index (χ0) is 39.3. The Morgan fingerprint density at radius 3 is 1.27 bits per heavy atom. The number of nitrogens with zero attached hydrogens (tertiary/aromatic N) is 3. The van der Waals surface area contributed by atoms with Crippen LogP contribution in [0.4, 0.5) is 0 Å². The molecule has 13 rings (SSSR count). The molecule has 0 atom stereocenters. The third-order valence-corrected chi connectivity index (χ3v) is 12.7. The number of para-hydroxylation sites is 4. The molecular formula is C57H35N3. The molecule has 0 radical (unpaired) electrons. The molecule has 60 heavy (non-hydrogen) atoms. The van der Waals surface area contributed by atoms with E-state index in [9.17, 15) is 0 Å². The lowest BCUT2D eigenvalue weighted by molar-refractivity contribution is 1.18. The van der Waals surface area contributed by atoms with Crippen LogP contribution < -0.4 is 0 Å². The smallest absolute Gasteiger partial charge is 0.0794 e. The van der Waals surface area contributed by atoms with Gasteiger partial charge in [-0.15, -0.1) is 0 Å². The van der Waals surface area contributed by atoms with Crippen LogP contribution in [0.15, 0.2) is 212 Å². The van der Waals surface area contributed by atoms with E-state index < -0.39 is 0 Å². The van der Waals surface area contributed by atoms with E-state index in [4.69, 9.17) is 4.98 Å². The number of hydrogen-bond donors (Lipinski definition) is 0. The number of hydrogen-bond acceptors (Lipinski definition) is 1. The molecule has 3 aromatic heterocycles. The van der Waals surface area contributed by atoms with Crippen LogP contribution in [0.2, 0.25) is 0 Å². The van der Waals surface area contributed by atoms with Crippen molar-refractivity contribution in [2.75, 3.05) is 0 Å². The number of benzene rings is 10. The quantitative estimate of drug-likeness (QED) is 0.164. The van der Waals surface area contributed by atoms with Crippen molar-refractivity contribution < 1.29 is 0 Å². The molecule has 0 amide bonds. The van der Waals surface area contributed by atoms with Crippen LogP contribution in [0.3, 0.4) is 0 Å². The lowest BCUT2D eigenvalue weighted by Crippen LogP contribution is -1.95. The summed E-state index contributed by atoms with van der Waals surface area (Å²) in [6.07, 6.45) is 0. The summed E-state index contributed by atoms with van der Waals surface area (Å²) in [6, 6.07) is 77.3. The summed E-state index contributed by atoms with van der Waals surface area (Å²) >= 11 is 0. The van der Waals surface area contributed by atoms with Gasteiger partial charge in [-0.2, -0.15) is 0 Å². The molecule has 10 aromatic carbocycles. The first-order valence-corrected chi connectivity index (χ1v) is 20.6. The van der Waals surface area contributed by atoms with E-state index in [0.717, 1.165) is 22.5 Å². The first-order valence-electron chi connectivity index (χ1n) is 20.6. The fourth-order valence-electron chi connectivity index (χ4n) is 10.0. The molecule has 0 bridgehead atoms. The van der Waals surface area contributed by atoms with Crippen molar-refractivity contribution in [3.8, 4) is 33.8 Å². The molecule has 278 valence electrons. The topological polar surface area (TPSA) is 22.8 Å². The average molecular weight is 762 g/mol. The van der Waals surface area contributed by atoms with Gasteiger partial charge in [0.2, 0.25) is 0 Å². The second-order valence-corrected chi connectivity index (χ2v) is 15.9. The van der Waals surface area contributed by atoms with E-state index >= 15 is 0 Å². The molecule has 3 heterocycles. The number of fused-ring (bicyclic) bond motifs is 14. The van der Waals surface area contributed by atoms with Crippen molar-refractivity contribution in [1.82, 2.24) is 14.1 Å². The van der Waals surface area contributed by atoms with Gasteiger partial charge in [-0.3, -0.25) is 0 Å². The van der Waals surface area contributed by atoms with Crippen molar-refractivity contribution in [2.24, 2.45) is 0 Å². The number of rotatable bonds is 4. The first kappa shape index (κ1) is 33.0. The van der Waals surface area contributed by atoms with Gasteiger partial charge in [0.05, 0.1) is 33.3 Å². The molecule has 13 aromatic rings. The zero-order valence-corrected chi connectivity index (χ0v) is 32.5. The summed E-state index contributed by atoms with van der Waals surface area (Å²) in [7, 11) is 0. The van der Waals surface area contributed by atoms with Crippen molar-refractivity contribution in [3.63, 3.8) is 0 Å². The van der Waals surface area contributed by atoms with Gasteiger partial charge in [-0.25, -0.2) is 4.98 Å². The van der Waals surface area contributed by atoms with E-state index in [1.54, 1.807) is 0 Å². The van der Waals surface area contributed by atoms with E-state index in [-0.39, 0.29) is 0 Å². The minimum atomic E-state index is 1.00. The van der Waals surface area contributed by atoms with Crippen molar-refractivity contribution in [1.29, 1.82) is 0 Å². The summed E-state index contributed by atoms with van der Waals surface area (Å²) in [5, 5.41) is 13.6. The highest BCUT2D eigenvalue weighted by Gasteiger charge is 2.19. The van der Waals surface area contributed by atoms with Gasteiger partial charge in [-0.1, -0.05) is 146 Å². The third-order valence-electron chi connectivity index (χ3n) is 12.7. The summed E-state index contributed by atoms with van der Waals surface area (Å²) in [5.41, 5.74) is 12.6. The molecule has 0 N–H and O–H groups in total. The van der Waals surface area contributed by atoms with Crippen LogP contribution in [0.5, 0.6) is 0 Å². The van der Waals surface area contributed by atoms with Gasteiger partial charge in [0.1, 0.15) is 0 Å². The number of aromatic nitrogens is 3. The Balaban J connectivity index is 0.969. The van der Waals surface area contributed by atoms with Crippen molar-refractivity contribution in [3.05, 3.63) is 212 Å². The average Bonchev–Trinajstić information content (AvgIpc) is 3.84. The predicted octanol–water partition coefficient (Wildman–Crippen LogP) is 15.2. The second-order valence-electron chi connectivity index (χ2n) is 15.9. The maximum Gasteiger partial charge on any atom is 0.0794 e. The van der Waals surface area contributed by atoms with Gasteiger partial charge >= 0.3 is 0 Å². The summed E-state index contributed by atoms with van der Waals surface area (Å²) < 4.78 is 4.78.